The highest BCUT2D eigenvalue weighted by Gasteiger charge is 2.13. The summed E-state index contributed by atoms with van der Waals surface area (Å²) in [6.07, 6.45) is 7.74. The molecule has 0 saturated heterocycles. The smallest absolute Gasteiger partial charge is 0.291 e. The summed E-state index contributed by atoms with van der Waals surface area (Å²) in [6.45, 7) is 0.906. The molecule has 1 unspecified atom stereocenters. The van der Waals surface area contributed by atoms with Crippen molar-refractivity contribution in [2.45, 2.75) is 29.5 Å². The van der Waals surface area contributed by atoms with Crippen molar-refractivity contribution < 1.29 is 10.3 Å². The van der Waals surface area contributed by atoms with E-state index in [2.05, 4.69) is 27.8 Å². The van der Waals surface area contributed by atoms with Gasteiger partial charge in [0.05, 0.1) is 11.3 Å². The Balaban J connectivity index is 0.000000640. The number of rotatable bonds is 7. The van der Waals surface area contributed by atoms with E-state index in [1.807, 2.05) is 60.8 Å². The fourth-order valence-electron chi connectivity index (χ4n) is 2.52. The van der Waals surface area contributed by atoms with Gasteiger partial charge in [-0.15, -0.1) is 21.9 Å². The molecule has 1 heterocycles. The summed E-state index contributed by atoms with van der Waals surface area (Å²) in [7, 11) is 0. The van der Waals surface area contributed by atoms with E-state index in [1.165, 1.54) is 5.56 Å². The van der Waals surface area contributed by atoms with Gasteiger partial charge < -0.3 is 9.77 Å². The van der Waals surface area contributed by atoms with Crippen molar-refractivity contribution in [2.75, 3.05) is 0 Å². The first-order valence-electron chi connectivity index (χ1n) is 8.38. The van der Waals surface area contributed by atoms with Gasteiger partial charge in [-0.1, -0.05) is 47.5 Å². The van der Waals surface area contributed by atoms with Gasteiger partial charge in [-0.2, -0.15) is 0 Å². The summed E-state index contributed by atoms with van der Waals surface area (Å²) in [5, 5.41) is 15.6. The highest BCUT2D eigenvalue weighted by Crippen LogP contribution is 2.33. The normalized spacial score (nSPS) is 11.4. The third-order valence-electron chi connectivity index (χ3n) is 3.77. The molecule has 3 aromatic rings. The second-order valence-electron chi connectivity index (χ2n) is 5.83. The lowest BCUT2D eigenvalue weighted by atomic mass is 10.1. The first-order valence-corrected chi connectivity index (χ1v) is 10.0. The number of imidazole rings is 1. The average Bonchev–Trinajstić information content (AvgIpc) is 3.15. The molecule has 0 amide bonds. The fourth-order valence-corrected chi connectivity index (χ4v) is 4.09. The summed E-state index contributed by atoms with van der Waals surface area (Å²) >= 11 is 14.1. The molecule has 0 aliphatic rings. The van der Waals surface area contributed by atoms with E-state index >= 15 is 0 Å². The van der Waals surface area contributed by atoms with Gasteiger partial charge in [0.15, 0.2) is 0 Å². The second-order valence-corrected chi connectivity index (χ2v) is 8.02. The number of aromatic nitrogens is 2. The van der Waals surface area contributed by atoms with Gasteiger partial charge >= 0.3 is 0 Å². The van der Waals surface area contributed by atoms with E-state index in [4.69, 9.17) is 38.5 Å². The van der Waals surface area contributed by atoms with Gasteiger partial charge in [0.2, 0.25) is 0 Å². The highest BCUT2D eigenvalue weighted by atomic mass is 35.5. The lowest BCUT2D eigenvalue weighted by Gasteiger charge is -2.18. The van der Waals surface area contributed by atoms with Crippen LogP contribution in [0.2, 0.25) is 10.0 Å². The maximum absolute atomic E-state index is 8.36. The lowest BCUT2D eigenvalue weighted by molar-refractivity contribution is -0.742. The van der Waals surface area contributed by atoms with E-state index in [9.17, 15) is 0 Å². The van der Waals surface area contributed by atoms with Crippen molar-refractivity contribution in [1.29, 1.82) is 0 Å². The Morgan fingerprint density at radius 1 is 1.18 bits per heavy atom. The molecule has 9 heteroatoms. The summed E-state index contributed by atoms with van der Waals surface area (Å²) < 4.78 is 2.12. The molecule has 6 nitrogen and oxygen atoms in total. The molecule has 0 fully saturated rings. The molecular weight excluding hydrogens is 421 g/mol. The second kappa shape index (κ2) is 11.6. The van der Waals surface area contributed by atoms with Crippen LogP contribution < -0.4 is 0 Å². The van der Waals surface area contributed by atoms with E-state index in [1.54, 1.807) is 0 Å². The molecule has 28 heavy (non-hydrogen) atoms. The van der Waals surface area contributed by atoms with Crippen molar-refractivity contribution in [3.63, 3.8) is 0 Å². The highest BCUT2D eigenvalue weighted by molar-refractivity contribution is 8.00. The van der Waals surface area contributed by atoms with Gasteiger partial charge in [0.1, 0.15) is 0 Å². The van der Waals surface area contributed by atoms with Crippen molar-refractivity contribution >= 4 is 35.0 Å². The minimum Gasteiger partial charge on any atom is -0.336 e. The van der Waals surface area contributed by atoms with E-state index in [0.717, 1.165) is 34.3 Å². The molecule has 148 valence electrons. The van der Waals surface area contributed by atoms with Crippen molar-refractivity contribution in [2.24, 2.45) is 0 Å². The summed E-state index contributed by atoms with van der Waals surface area (Å²) in [4.78, 5) is 13.6. The summed E-state index contributed by atoms with van der Waals surface area (Å²) in [5.41, 5.74) is 1.30. The number of hydrogen-bond donors (Lipinski definition) is 1. The number of benzene rings is 2. The Hall–Kier alpha value is -2.22. The predicted molar refractivity (Wildman–Crippen MR) is 112 cm³/mol. The van der Waals surface area contributed by atoms with Crippen LogP contribution in [0.15, 0.2) is 72.1 Å². The lowest BCUT2D eigenvalue weighted by Crippen LogP contribution is -2.13. The molecule has 1 N–H and O–H groups in total. The van der Waals surface area contributed by atoms with Crippen molar-refractivity contribution in [3.05, 3.63) is 93.0 Å². The van der Waals surface area contributed by atoms with Crippen LogP contribution in [0.3, 0.4) is 0 Å². The quantitative estimate of drug-likeness (QED) is 0.292. The van der Waals surface area contributed by atoms with Crippen LogP contribution in [-0.2, 0) is 13.0 Å². The van der Waals surface area contributed by atoms with Crippen LogP contribution in [-0.4, -0.2) is 25.1 Å². The molecule has 3 rings (SSSR count). The maximum Gasteiger partial charge on any atom is 0.291 e. The molecule has 2 aromatic carbocycles. The van der Waals surface area contributed by atoms with E-state index < -0.39 is 5.09 Å². The molecule has 0 bridgehead atoms. The van der Waals surface area contributed by atoms with E-state index in [0.29, 0.717) is 5.25 Å². The molecule has 0 aliphatic carbocycles. The van der Waals surface area contributed by atoms with Crippen LogP contribution in [0.4, 0.5) is 0 Å². The Kier molecular flexibility index (Phi) is 9.13. The van der Waals surface area contributed by atoms with Gasteiger partial charge in [-0.25, -0.2) is 4.98 Å². The maximum atomic E-state index is 8.36. The zero-order valence-corrected chi connectivity index (χ0v) is 17.1. The van der Waals surface area contributed by atoms with Crippen LogP contribution >= 0.6 is 35.0 Å². The molecule has 0 aliphatic heterocycles. The Labute approximate surface area is 177 Å². The zero-order valence-electron chi connectivity index (χ0n) is 14.8. The Morgan fingerprint density at radius 3 is 2.46 bits per heavy atom. The Morgan fingerprint density at radius 2 is 1.86 bits per heavy atom. The third kappa shape index (κ3) is 8.21. The molecule has 0 spiro atoms. The van der Waals surface area contributed by atoms with Gasteiger partial charge in [-0.05, 0) is 42.7 Å². The number of nitrogens with zero attached hydrogens (tertiary/aromatic N) is 3. The Bertz CT molecular complexity index is 857. The number of halogens is 2. The van der Waals surface area contributed by atoms with Crippen molar-refractivity contribution in [3.8, 4) is 0 Å². The predicted octanol–water partition coefficient (Wildman–Crippen LogP) is 5.64. The van der Waals surface area contributed by atoms with Crippen LogP contribution in [0.5, 0.6) is 0 Å². The summed E-state index contributed by atoms with van der Waals surface area (Å²) in [6, 6.07) is 16.1. The van der Waals surface area contributed by atoms with Crippen LogP contribution in [0.25, 0.3) is 0 Å². The number of aryl methyl sites for hydroxylation is 1. The number of thioether (sulfide) groups is 1. The largest absolute Gasteiger partial charge is 0.336 e. The SMILES string of the molecule is Clc1ccc(CCC(Cn2ccnc2)Sc2ccccc2Cl)cc1.O=[N+]([O-])O. The molecule has 0 saturated carbocycles. The molecule has 0 radical (unpaired) electrons. The fraction of sp³-hybridized carbons (Fsp3) is 0.211. The van der Waals surface area contributed by atoms with Gasteiger partial charge in [0, 0.05) is 34.1 Å². The average molecular weight is 440 g/mol. The standard InChI is InChI=1S/C19H18Cl2N2S.HNO3/c20-16-8-5-15(6-9-16)7-10-17(13-23-12-11-22-14-23)24-19-4-2-1-3-18(19)21;2-1(3)4/h1-6,8-9,11-12,14,17H,7,10,13H2;(H,2,3,4). The minimum atomic E-state index is -1.50. The van der Waals surface area contributed by atoms with Crippen LogP contribution in [0.1, 0.15) is 12.0 Å². The van der Waals surface area contributed by atoms with Crippen molar-refractivity contribution in [1.82, 2.24) is 9.55 Å². The first kappa shape index (κ1) is 22.1. The molecular formula is C19H19Cl2N3O3S. The zero-order chi connectivity index (χ0) is 20.4. The first-order chi connectivity index (χ1) is 13.4. The third-order valence-corrected chi connectivity index (χ3v) is 5.79. The van der Waals surface area contributed by atoms with Gasteiger partial charge in [0.25, 0.3) is 5.09 Å². The minimum absolute atomic E-state index is 0.412. The summed E-state index contributed by atoms with van der Waals surface area (Å²) in [5.74, 6) is 0. The molecule has 1 aromatic heterocycles. The topological polar surface area (TPSA) is 81.2 Å². The molecule has 1 atom stereocenters. The van der Waals surface area contributed by atoms with Gasteiger partial charge in [-0.3, -0.25) is 0 Å². The van der Waals surface area contributed by atoms with Crippen LogP contribution in [0, 0.1) is 10.1 Å². The van der Waals surface area contributed by atoms with E-state index in [-0.39, 0.29) is 0 Å². The monoisotopic (exact) mass is 439 g/mol. The number of hydrogen-bond acceptors (Lipinski definition) is 4.